The molecule has 0 aliphatic rings. The van der Waals surface area contributed by atoms with Crippen molar-refractivity contribution in [3.05, 3.63) is 108 Å². The van der Waals surface area contributed by atoms with Crippen LogP contribution in [0.1, 0.15) is 150 Å². The van der Waals surface area contributed by atoms with Gasteiger partial charge in [0.05, 0.1) is 36.3 Å². The lowest BCUT2D eigenvalue weighted by molar-refractivity contribution is 0.0414. The first-order valence-corrected chi connectivity index (χ1v) is 22.1. The zero-order valence-corrected chi connectivity index (χ0v) is 36.6. The van der Waals surface area contributed by atoms with Gasteiger partial charge < -0.3 is 14.5 Å². The molecule has 0 saturated heterocycles. The van der Waals surface area contributed by atoms with Crippen LogP contribution in [0, 0.1) is 17.8 Å². The van der Waals surface area contributed by atoms with Crippen LogP contribution >= 0.6 is 0 Å². The van der Waals surface area contributed by atoms with Gasteiger partial charge in [0.25, 0.3) is 17.8 Å². The smallest absolute Gasteiger partial charge is 0.332 e. The van der Waals surface area contributed by atoms with Crippen LogP contribution in [0.5, 0.6) is 0 Å². The normalized spacial score (nSPS) is 12.5. The summed E-state index contributed by atoms with van der Waals surface area (Å²) >= 11 is 0. The number of nitrogens with zero attached hydrogens (tertiary/aromatic N) is 6. The largest absolute Gasteiger partial charge is 0.363 e. The Morgan fingerprint density at radius 2 is 0.683 bits per heavy atom. The monoisotopic (exact) mass is 823 g/mol. The fourth-order valence-electron chi connectivity index (χ4n) is 6.79. The van der Waals surface area contributed by atoms with Crippen molar-refractivity contribution in [3.8, 4) is 0 Å². The zero-order chi connectivity index (χ0) is 43.1. The highest BCUT2D eigenvalue weighted by Gasteiger charge is 2.30. The molecule has 0 amide bonds. The van der Waals surface area contributed by atoms with E-state index in [1.165, 1.54) is 15.2 Å². The first kappa shape index (κ1) is 47.2. The number of unbranched alkanes of at least 4 members (excludes halogenated alkanes) is 3. The van der Waals surface area contributed by atoms with Gasteiger partial charge in [0.1, 0.15) is 0 Å². The molecule has 0 saturated carbocycles. The van der Waals surface area contributed by atoms with Crippen molar-refractivity contribution in [2.45, 2.75) is 119 Å². The van der Waals surface area contributed by atoms with Gasteiger partial charge in [0.2, 0.25) is 0 Å². The van der Waals surface area contributed by atoms with Gasteiger partial charge in [-0.15, -0.1) is 0 Å². The summed E-state index contributed by atoms with van der Waals surface area (Å²) in [6, 6.07) is 26.3. The summed E-state index contributed by atoms with van der Waals surface area (Å²) in [5.41, 5.74) is 1.08. The Labute approximate surface area is 357 Å². The molecule has 0 spiro atoms. The van der Waals surface area contributed by atoms with Crippen molar-refractivity contribution in [3.63, 3.8) is 0 Å². The first-order valence-electron chi connectivity index (χ1n) is 22.1. The Morgan fingerprint density at radius 3 is 0.900 bits per heavy atom. The third-order valence-electron chi connectivity index (χ3n) is 10.8. The fourth-order valence-corrected chi connectivity index (χ4v) is 6.79. The van der Waals surface area contributed by atoms with Gasteiger partial charge in [-0.25, -0.2) is 14.4 Å². The number of carbonyl (C=O) groups excluding carboxylic acids is 3. The predicted octanol–water partition coefficient (Wildman–Crippen LogP) is 11.3. The summed E-state index contributed by atoms with van der Waals surface area (Å²) in [5, 5.41) is 4.26. The van der Waals surface area contributed by atoms with Gasteiger partial charge in [-0.2, -0.15) is 30.1 Å². The van der Waals surface area contributed by atoms with E-state index in [1.54, 1.807) is 72.8 Å². The van der Waals surface area contributed by atoms with Crippen molar-refractivity contribution in [1.29, 1.82) is 0 Å². The van der Waals surface area contributed by atoms with E-state index in [2.05, 4.69) is 41.5 Å². The molecule has 0 aliphatic heterocycles. The highest BCUT2D eigenvalue weighted by molar-refractivity contribution is 5.91. The number of carbonyl (C=O) groups is 3. The number of anilines is 3. The summed E-state index contributed by atoms with van der Waals surface area (Å²) in [5.74, 6) is -1.35. The van der Waals surface area contributed by atoms with E-state index in [0.717, 1.165) is 77.0 Å². The second-order valence-electron chi connectivity index (χ2n) is 15.4. The second-order valence-corrected chi connectivity index (χ2v) is 15.4. The van der Waals surface area contributed by atoms with E-state index < -0.39 is 17.9 Å². The molecule has 4 rings (SSSR count). The molecular weight excluding hydrogens is 757 g/mol. The molecule has 0 aliphatic carbocycles. The number of aromatic nitrogens is 3. The number of benzene rings is 3. The van der Waals surface area contributed by atoms with Gasteiger partial charge in [-0.1, -0.05) is 154 Å². The Hall–Kier alpha value is -5.52. The van der Waals surface area contributed by atoms with Gasteiger partial charge in [0, 0.05) is 0 Å². The first-order chi connectivity index (χ1) is 29.2. The van der Waals surface area contributed by atoms with Crippen LogP contribution in [0.3, 0.4) is 0 Å². The minimum absolute atomic E-state index is 0.0129. The minimum Gasteiger partial charge on any atom is -0.332 e. The molecule has 0 radical (unpaired) electrons. The zero-order valence-electron chi connectivity index (χ0n) is 36.6. The topological polar surface area (TPSA) is 127 Å². The van der Waals surface area contributed by atoms with E-state index >= 15 is 0 Å². The van der Waals surface area contributed by atoms with Crippen LogP contribution in [0.25, 0.3) is 0 Å². The lowest BCUT2D eigenvalue weighted by Gasteiger charge is -2.30. The van der Waals surface area contributed by atoms with E-state index in [1.807, 2.05) is 18.2 Å². The van der Waals surface area contributed by atoms with Gasteiger partial charge in [-0.05, 0) is 73.4 Å². The van der Waals surface area contributed by atoms with E-state index in [4.69, 9.17) is 29.5 Å². The van der Waals surface area contributed by atoms with Crippen molar-refractivity contribution in [1.82, 2.24) is 15.0 Å². The molecule has 12 nitrogen and oxygen atoms in total. The lowest BCUT2D eigenvalue weighted by Crippen LogP contribution is -2.39. The molecule has 3 aromatic carbocycles. The summed E-state index contributed by atoms with van der Waals surface area (Å²) in [6.07, 6.45) is 11.1. The lowest BCUT2D eigenvalue weighted by atomic mass is 9.99. The van der Waals surface area contributed by atoms with Gasteiger partial charge in [0.15, 0.2) is 0 Å². The summed E-state index contributed by atoms with van der Waals surface area (Å²) in [6.45, 7) is 13.6. The molecule has 324 valence electrons. The van der Waals surface area contributed by atoms with Crippen molar-refractivity contribution < 1.29 is 28.9 Å². The molecule has 3 atom stereocenters. The Morgan fingerprint density at radius 1 is 0.433 bits per heavy atom. The molecule has 0 bridgehead atoms. The van der Waals surface area contributed by atoms with Crippen molar-refractivity contribution in [2.75, 3.05) is 34.8 Å². The van der Waals surface area contributed by atoms with Crippen molar-refractivity contribution >= 4 is 35.8 Å². The number of hydroxylamine groups is 3. The molecule has 1 aromatic heterocycles. The maximum absolute atomic E-state index is 13.8. The Balaban J connectivity index is 1.95. The second kappa shape index (κ2) is 25.9. The molecule has 4 aromatic rings. The van der Waals surface area contributed by atoms with Crippen LogP contribution in [0.2, 0.25) is 0 Å². The molecule has 12 heteroatoms. The Bertz CT molecular complexity index is 1630. The molecule has 60 heavy (non-hydrogen) atoms. The Kier molecular flexibility index (Phi) is 20.3. The minimum atomic E-state index is -0.583. The van der Waals surface area contributed by atoms with Crippen LogP contribution in [0.4, 0.5) is 17.8 Å². The van der Waals surface area contributed by atoms with E-state index in [-0.39, 0.29) is 55.2 Å². The molecule has 1 heterocycles. The molecule has 0 N–H and O–H groups in total. The van der Waals surface area contributed by atoms with Crippen molar-refractivity contribution in [2.24, 2.45) is 17.8 Å². The predicted molar refractivity (Wildman–Crippen MR) is 237 cm³/mol. The van der Waals surface area contributed by atoms with E-state index in [9.17, 15) is 14.4 Å². The summed E-state index contributed by atoms with van der Waals surface area (Å²) in [7, 11) is 0. The summed E-state index contributed by atoms with van der Waals surface area (Å²) in [4.78, 5) is 74.9. The molecular formula is C48H66N6O6. The standard InChI is InChI=1S/C48H66N6O6/c1-7-13-25-37(10-4)34-52(58-43(55)40-28-19-16-20-29-40)46-49-47(53(35-38(11-5)26-14-8-2)59-44(56)41-30-21-17-22-31-41)51-48(50-46)54(36-39(12-6)27-15-9-3)60-45(57)42-32-23-18-24-33-42/h16-24,28-33,37-39H,7-15,25-27,34-36H2,1-6H3. The quantitative estimate of drug-likeness (QED) is 0.0531. The maximum Gasteiger partial charge on any atom is 0.363 e. The fraction of sp³-hybridized carbons (Fsp3) is 0.500. The van der Waals surface area contributed by atoms with Gasteiger partial charge in [-0.3, -0.25) is 0 Å². The van der Waals surface area contributed by atoms with Crippen LogP contribution in [-0.2, 0) is 14.5 Å². The average molecular weight is 823 g/mol. The van der Waals surface area contributed by atoms with Crippen LogP contribution in [-0.4, -0.2) is 52.5 Å². The molecule has 3 unspecified atom stereocenters. The number of hydrogen-bond donors (Lipinski definition) is 0. The van der Waals surface area contributed by atoms with Gasteiger partial charge >= 0.3 is 17.9 Å². The van der Waals surface area contributed by atoms with E-state index in [0.29, 0.717) is 16.7 Å². The third-order valence-corrected chi connectivity index (χ3v) is 10.8. The highest BCUT2D eigenvalue weighted by atomic mass is 16.7. The van der Waals surface area contributed by atoms with Crippen LogP contribution in [0.15, 0.2) is 91.0 Å². The highest BCUT2D eigenvalue weighted by Crippen LogP contribution is 2.28. The number of hydrogen-bond acceptors (Lipinski definition) is 12. The SMILES string of the molecule is CCCCC(CC)CN(OC(=O)c1ccccc1)c1nc(N(CC(CC)CCCC)OC(=O)c2ccccc2)nc(N(CC(CC)CCCC)OC(=O)c2ccccc2)n1. The maximum atomic E-state index is 13.8. The number of rotatable bonds is 27. The third kappa shape index (κ3) is 14.9. The van der Waals surface area contributed by atoms with Crippen LogP contribution < -0.4 is 15.2 Å². The average Bonchev–Trinajstić information content (AvgIpc) is 3.29. The molecule has 0 fully saturated rings. The summed E-state index contributed by atoms with van der Waals surface area (Å²) < 4.78 is 0.